The number of hydrogen-bond donors (Lipinski definition) is 2. The summed E-state index contributed by atoms with van der Waals surface area (Å²) in [5.74, 6) is -2.62. The molecule has 34 heavy (non-hydrogen) atoms. The Bertz CT molecular complexity index is 1240. The van der Waals surface area contributed by atoms with Gasteiger partial charge in [0.25, 0.3) is 5.91 Å². The number of ether oxygens (including phenoxy) is 1. The Hall–Kier alpha value is -4.14. The van der Waals surface area contributed by atoms with E-state index in [2.05, 4.69) is 10.6 Å². The lowest BCUT2D eigenvalue weighted by Crippen LogP contribution is -2.53. The van der Waals surface area contributed by atoms with Crippen LogP contribution in [0.2, 0.25) is 0 Å². The number of carbonyl (C=O) groups is 3. The van der Waals surface area contributed by atoms with Crippen molar-refractivity contribution in [2.75, 3.05) is 13.2 Å². The molecule has 0 spiro atoms. The van der Waals surface area contributed by atoms with Crippen LogP contribution in [-0.2, 0) is 14.4 Å². The minimum Gasteiger partial charge on any atom is -0.548 e. The fraction of sp³-hybridized carbons (Fsp3) is 0.280. The summed E-state index contributed by atoms with van der Waals surface area (Å²) in [4.78, 5) is 47.3. The summed E-state index contributed by atoms with van der Waals surface area (Å²) in [6.07, 6.45) is 0.540. The largest absolute Gasteiger partial charge is 0.548 e. The standard InChI is InChI=1S/C25H26N2O7/c1-3-15(2)24(25(31)32)27-21(28)13-26-22(29)14-33-17-9-10-18-19(16-7-5-4-6-8-16)12-23(30)34-20(18)11-17/h4-12,15,24H,3,13-14H2,1-2H3,(H,26,29)(H,27,28)(H,31,32)/p-1/t15-,24-/m0/s1. The molecule has 3 rings (SSSR count). The molecule has 2 atom stereocenters. The average Bonchev–Trinajstić information content (AvgIpc) is 2.83. The number of carboxylic acid groups (broad SMARTS) is 1. The lowest BCUT2D eigenvalue weighted by Gasteiger charge is -2.25. The SMILES string of the molecule is CC[C@H](C)[C@H](NC(=O)CNC(=O)COc1ccc2c(-c3ccccc3)cc(=O)oc2c1)C(=O)[O-]. The van der Waals surface area contributed by atoms with Crippen molar-refractivity contribution >= 4 is 28.8 Å². The van der Waals surface area contributed by atoms with Crippen molar-refractivity contribution in [2.45, 2.75) is 26.3 Å². The van der Waals surface area contributed by atoms with Gasteiger partial charge in [-0.3, -0.25) is 9.59 Å². The van der Waals surface area contributed by atoms with Gasteiger partial charge in [-0.25, -0.2) is 4.79 Å². The average molecular weight is 465 g/mol. The topological polar surface area (TPSA) is 138 Å². The highest BCUT2D eigenvalue weighted by Gasteiger charge is 2.19. The Kier molecular flexibility index (Phi) is 8.02. The predicted molar refractivity (Wildman–Crippen MR) is 123 cm³/mol. The van der Waals surface area contributed by atoms with Crippen molar-refractivity contribution in [3.63, 3.8) is 0 Å². The molecule has 2 aromatic carbocycles. The molecular formula is C25H25N2O7-. The minimum absolute atomic E-state index is 0.300. The van der Waals surface area contributed by atoms with Crippen LogP contribution in [0.25, 0.3) is 22.1 Å². The van der Waals surface area contributed by atoms with Gasteiger partial charge in [0.2, 0.25) is 5.91 Å². The van der Waals surface area contributed by atoms with Crippen LogP contribution in [0, 0.1) is 5.92 Å². The maximum atomic E-state index is 12.1. The molecule has 0 bridgehead atoms. The van der Waals surface area contributed by atoms with E-state index in [4.69, 9.17) is 9.15 Å². The zero-order valence-corrected chi connectivity index (χ0v) is 18.8. The minimum atomic E-state index is -1.38. The molecule has 2 N–H and O–H groups in total. The lowest BCUT2D eigenvalue weighted by molar-refractivity contribution is -0.309. The van der Waals surface area contributed by atoms with Crippen molar-refractivity contribution in [3.05, 3.63) is 65.0 Å². The summed E-state index contributed by atoms with van der Waals surface area (Å²) in [6, 6.07) is 14.6. The van der Waals surface area contributed by atoms with E-state index in [0.29, 0.717) is 23.1 Å². The van der Waals surface area contributed by atoms with Crippen LogP contribution in [0.15, 0.2) is 63.8 Å². The molecule has 0 saturated heterocycles. The van der Waals surface area contributed by atoms with Gasteiger partial charge in [-0.1, -0.05) is 50.6 Å². The summed E-state index contributed by atoms with van der Waals surface area (Å²) >= 11 is 0. The number of aliphatic carboxylic acids is 1. The van der Waals surface area contributed by atoms with Gasteiger partial charge < -0.3 is 29.7 Å². The van der Waals surface area contributed by atoms with E-state index in [1.54, 1.807) is 26.0 Å². The molecule has 9 nitrogen and oxygen atoms in total. The Morgan fingerprint density at radius 3 is 2.47 bits per heavy atom. The quantitative estimate of drug-likeness (QED) is 0.430. The van der Waals surface area contributed by atoms with Crippen molar-refractivity contribution in [3.8, 4) is 16.9 Å². The Balaban J connectivity index is 1.60. The molecule has 0 aliphatic carbocycles. The fourth-order valence-corrected chi connectivity index (χ4v) is 3.36. The van der Waals surface area contributed by atoms with Crippen LogP contribution >= 0.6 is 0 Å². The highest BCUT2D eigenvalue weighted by molar-refractivity contribution is 5.94. The third-order valence-corrected chi connectivity index (χ3v) is 5.40. The van der Waals surface area contributed by atoms with Gasteiger partial charge in [0.15, 0.2) is 6.61 Å². The Morgan fingerprint density at radius 1 is 1.06 bits per heavy atom. The van der Waals surface area contributed by atoms with E-state index in [1.165, 1.54) is 12.1 Å². The first-order valence-corrected chi connectivity index (χ1v) is 10.8. The third kappa shape index (κ3) is 6.22. The van der Waals surface area contributed by atoms with E-state index in [1.807, 2.05) is 30.3 Å². The van der Waals surface area contributed by atoms with Crippen molar-refractivity contribution in [1.29, 1.82) is 0 Å². The van der Waals surface area contributed by atoms with E-state index < -0.39 is 42.6 Å². The smallest absolute Gasteiger partial charge is 0.336 e. The van der Waals surface area contributed by atoms with Crippen molar-refractivity contribution < 1.29 is 28.6 Å². The lowest BCUT2D eigenvalue weighted by atomic mass is 9.99. The van der Waals surface area contributed by atoms with Gasteiger partial charge in [-0.2, -0.15) is 0 Å². The van der Waals surface area contributed by atoms with Crippen LogP contribution in [0.1, 0.15) is 20.3 Å². The molecule has 178 valence electrons. The second kappa shape index (κ2) is 11.1. The Labute approximate surface area is 195 Å². The summed E-state index contributed by atoms with van der Waals surface area (Å²) in [6.45, 7) is 2.68. The number of rotatable bonds is 10. The molecule has 0 aliphatic rings. The number of carbonyl (C=O) groups excluding carboxylic acids is 3. The van der Waals surface area contributed by atoms with Gasteiger partial charge in [-0.05, 0) is 29.2 Å². The number of fused-ring (bicyclic) bond motifs is 1. The summed E-state index contributed by atoms with van der Waals surface area (Å²) < 4.78 is 10.8. The van der Waals surface area contributed by atoms with E-state index >= 15 is 0 Å². The highest BCUT2D eigenvalue weighted by Crippen LogP contribution is 2.29. The maximum absolute atomic E-state index is 12.1. The van der Waals surface area contributed by atoms with Crippen molar-refractivity contribution in [2.24, 2.45) is 5.92 Å². The summed E-state index contributed by atoms with van der Waals surface area (Å²) in [5, 5.41) is 16.6. The monoisotopic (exact) mass is 465 g/mol. The normalized spacial score (nSPS) is 12.5. The molecule has 1 aromatic heterocycles. The van der Waals surface area contributed by atoms with Gasteiger partial charge in [0.1, 0.15) is 11.3 Å². The van der Waals surface area contributed by atoms with E-state index in [9.17, 15) is 24.3 Å². The van der Waals surface area contributed by atoms with Gasteiger partial charge >= 0.3 is 5.63 Å². The molecule has 0 unspecified atom stereocenters. The van der Waals surface area contributed by atoms with Crippen LogP contribution in [0.4, 0.5) is 0 Å². The molecule has 1 heterocycles. The third-order valence-electron chi connectivity index (χ3n) is 5.40. The number of benzene rings is 2. The van der Waals surface area contributed by atoms with Gasteiger partial charge in [-0.15, -0.1) is 0 Å². The Morgan fingerprint density at radius 2 is 1.79 bits per heavy atom. The second-order valence-electron chi connectivity index (χ2n) is 7.82. The first-order chi connectivity index (χ1) is 16.3. The molecule has 9 heteroatoms. The fourth-order valence-electron chi connectivity index (χ4n) is 3.36. The molecule has 0 saturated carbocycles. The van der Waals surface area contributed by atoms with Gasteiger partial charge in [0, 0.05) is 17.5 Å². The molecule has 0 radical (unpaired) electrons. The van der Waals surface area contributed by atoms with Crippen LogP contribution < -0.4 is 26.1 Å². The molecule has 2 amide bonds. The predicted octanol–water partition coefficient (Wildman–Crippen LogP) is 1.24. The second-order valence-corrected chi connectivity index (χ2v) is 7.82. The van der Waals surface area contributed by atoms with E-state index in [-0.39, 0.29) is 5.92 Å². The van der Waals surface area contributed by atoms with Crippen LogP contribution in [0.3, 0.4) is 0 Å². The highest BCUT2D eigenvalue weighted by atomic mass is 16.5. The molecular weight excluding hydrogens is 440 g/mol. The zero-order chi connectivity index (χ0) is 24.7. The first-order valence-electron chi connectivity index (χ1n) is 10.8. The van der Waals surface area contributed by atoms with E-state index in [0.717, 1.165) is 11.1 Å². The van der Waals surface area contributed by atoms with Crippen LogP contribution in [0.5, 0.6) is 5.75 Å². The molecule has 0 aliphatic heterocycles. The number of nitrogens with one attached hydrogen (secondary N) is 2. The zero-order valence-electron chi connectivity index (χ0n) is 18.8. The van der Waals surface area contributed by atoms with Crippen LogP contribution in [-0.4, -0.2) is 37.0 Å². The number of hydrogen-bond acceptors (Lipinski definition) is 7. The summed E-state index contributed by atoms with van der Waals surface area (Å²) in [5.41, 5.74) is 1.37. The summed E-state index contributed by atoms with van der Waals surface area (Å²) in [7, 11) is 0. The molecule has 3 aromatic rings. The molecule has 0 fully saturated rings. The number of carboxylic acids is 1. The maximum Gasteiger partial charge on any atom is 0.336 e. The number of amides is 2. The first kappa shape index (κ1) is 24.5. The van der Waals surface area contributed by atoms with Gasteiger partial charge in [0.05, 0.1) is 18.6 Å². The van der Waals surface area contributed by atoms with Crippen molar-refractivity contribution in [1.82, 2.24) is 10.6 Å².